The van der Waals surface area contributed by atoms with Crippen molar-refractivity contribution in [2.24, 2.45) is 5.73 Å². The zero-order valence-electron chi connectivity index (χ0n) is 10.5. The maximum absolute atomic E-state index is 13.0. The highest BCUT2D eigenvalue weighted by Gasteiger charge is 2.18. The number of nitrogens with one attached hydrogen (secondary N) is 1. The fourth-order valence-electron chi connectivity index (χ4n) is 1.59. The molecule has 1 rings (SSSR count). The van der Waals surface area contributed by atoms with Crippen LogP contribution in [-0.4, -0.2) is 17.9 Å². The molecule has 0 bridgehead atoms. The van der Waals surface area contributed by atoms with E-state index in [9.17, 15) is 18.4 Å². The lowest BCUT2D eigenvalue weighted by Crippen LogP contribution is -2.45. The Kier molecular flexibility index (Phi) is 5.82. The van der Waals surface area contributed by atoms with Crippen LogP contribution in [0, 0.1) is 11.6 Å². The first-order chi connectivity index (χ1) is 9.27. The molecule has 0 heterocycles. The fourth-order valence-corrected chi connectivity index (χ4v) is 1.91. The van der Waals surface area contributed by atoms with Gasteiger partial charge in [-0.25, -0.2) is 8.78 Å². The van der Waals surface area contributed by atoms with Crippen LogP contribution in [0.3, 0.4) is 0 Å². The molecule has 1 aromatic carbocycles. The Hall–Kier alpha value is -1.76. The molecule has 20 heavy (non-hydrogen) atoms. The first-order valence-corrected chi connectivity index (χ1v) is 6.44. The third kappa shape index (κ3) is 5.48. The molecule has 2 amide bonds. The van der Waals surface area contributed by atoms with Crippen molar-refractivity contribution in [3.63, 3.8) is 0 Å². The molecule has 108 valence electrons. The minimum atomic E-state index is -0.923. The van der Waals surface area contributed by atoms with Gasteiger partial charge in [-0.3, -0.25) is 9.59 Å². The zero-order chi connectivity index (χ0) is 15.3. The van der Waals surface area contributed by atoms with Crippen molar-refractivity contribution in [3.05, 3.63) is 46.5 Å². The van der Waals surface area contributed by atoms with Gasteiger partial charge in [-0.05, 0) is 22.2 Å². The molecule has 0 radical (unpaired) electrons. The number of carbonyl (C=O) groups excluding carboxylic acids is 2. The first-order valence-electron chi connectivity index (χ1n) is 5.65. The Balaban J connectivity index is 2.70. The molecule has 0 aliphatic carbocycles. The smallest absolute Gasteiger partial charge is 0.240 e. The Labute approximate surface area is 123 Å². The number of rotatable bonds is 6. The number of hydrogen-bond donors (Lipinski definition) is 2. The van der Waals surface area contributed by atoms with Crippen LogP contribution in [0.4, 0.5) is 8.78 Å². The number of nitrogens with two attached hydrogens (primary N) is 1. The van der Waals surface area contributed by atoms with E-state index in [-0.39, 0.29) is 18.4 Å². The predicted molar refractivity (Wildman–Crippen MR) is 73.9 cm³/mol. The van der Waals surface area contributed by atoms with E-state index >= 15 is 0 Å². The van der Waals surface area contributed by atoms with Gasteiger partial charge in [-0.2, -0.15) is 0 Å². The molecule has 0 saturated heterocycles. The lowest BCUT2D eigenvalue weighted by atomic mass is 10.1. The summed E-state index contributed by atoms with van der Waals surface area (Å²) in [6, 6.07) is 1.88. The second-order valence-electron chi connectivity index (χ2n) is 4.20. The number of hydrogen-bond acceptors (Lipinski definition) is 2. The van der Waals surface area contributed by atoms with Crippen LogP contribution in [-0.2, 0) is 16.0 Å². The minimum Gasteiger partial charge on any atom is -0.368 e. The van der Waals surface area contributed by atoms with Crippen molar-refractivity contribution in [2.75, 3.05) is 0 Å². The fraction of sp³-hybridized carbons (Fsp3) is 0.231. The average molecular weight is 347 g/mol. The van der Waals surface area contributed by atoms with E-state index in [2.05, 4.69) is 27.8 Å². The van der Waals surface area contributed by atoms with Crippen molar-refractivity contribution < 1.29 is 18.4 Å². The molecule has 0 aliphatic rings. The monoisotopic (exact) mass is 346 g/mol. The largest absolute Gasteiger partial charge is 0.368 e. The molecular formula is C13H13BrF2N2O2. The summed E-state index contributed by atoms with van der Waals surface area (Å²) < 4.78 is 26.5. The minimum absolute atomic E-state index is 0.137. The van der Waals surface area contributed by atoms with Crippen LogP contribution >= 0.6 is 15.9 Å². The van der Waals surface area contributed by atoms with Gasteiger partial charge in [0.05, 0.1) is 6.42 Å². The van der Waals surface area contributed by atoms with Crippen molar-refractivity contribution >= 4 is 27.7 Å². The van der Waals surface area contributed by atoms with Crippen molar-refractivity contribution in [1.29, 1.82) is 0 Å². The Bertz CT molecular complexity index is 529. The number of halogens is 3. The highest BCUT2D eigenvalue weighted by molar-refractivity contribution is 9.11. The summed E-state index contributed by atoms with van der Waals surface area (Å²) in [4.78, 5) is 22.9. The molecule has 1 aromatic rings. The molecule has 1 atom stereocenters. The number of benzene rings is 1. The standard InChI is InChI=1S/C13H13BrF2N2O2/c1-7(14)2-11(13(17)20)18-12(19)5-8-3-9(15)6-10(16)4-8/h3-4,6,11H,1-2,5H2,(H2,17,20)(H,18,19)/t11-/m0/s1. The third-order valence-electron chi connectivity index (χ3n) is 2.39. The summed E-state index contributed by atoms with van der Waals surface area (Å²) in [7, 11) is 0. The average Bonchev–Trinajstić information content (AvgIpc) is 2.25. The van der Waals surface area contributed by atoms with E-state index in [1.54, 1.807) is 0 Å². The van der Waals surface area contributed by atoms with Crippen molar-refractivity contribution in [3.8, 4) is 0 Å². The van der Waals surface area contributed by atoms with E-state index in [0.29, 0.717) is 10.5 Å². The Morgan fingerprint density at radius 3 is 2.30 bits per heavy atom. The van der Waals surface area contributed by atoms with E-state index in [1.165, 1.54) is 0 Å². The van der Waals surface area contributed by atoms with Gasteiger partial charge < -0.3 is 11.1 Å². The van der Waals surface area contributed by atoms with Gasteiger partial charge >= 0.3 is 0 Å². The lowest BCUT2D eigenvalue weighted by Gasteiger charge is -2.14. The Morgan fingerprint density at radius 2 is 1.85 bits per heavy atom. The molecule has 0 aromatic heterocycles. The van der Waals surface area contributed by atoms with Crippen LogP contribution in [0.2, 0.25) is 0 Å². The van der Waals surface area contributed by atoms with Crippen LogP contribution in [0.25, 0.3) is 0 Å². The van der Waals surface area contributed by atoms with E-state index in [1.807, 2.05) is 0 Å². The molecule has 0 unspecified atom stereocenters. The highest BCUT2D eigenvalue weighted by Crippen LogP contribution is 2.11. The third-order valence-corrected chi connectivity index (χ3v) is 2.72. The topological polar surface area (TPSA) is 72.2 Å². The van der Waals surface area contributed by atoms with Gasteiger partial charge in [-0.1, -0.05) is 22.5 Å². The molecule has 0 saturated carbocycles. The molecule has 0 fully saturated rings. The van der Waals surface area contributed by atoms with Gasteiger partial charge in [0.2, 0.25) is 11.8 Å². The van der Waals surface area contributed by atoms with Crippen LogP contribution in [0.1, 0.15) is 12.0 Å². The summed E-state index contributed by atoms with van der Waals surface area (Å²) in [5.74, 6) is -2.82. The van der Waals surface area contributed by atoms with Crippen molar-refractivity contribution in [1.82, 2.24) is 5.32 Å². The molecule has 3 N–H and O–H groups in total. The Morgan fingerprint density at radius 1 is 1.30 bits per heavy atom. The maximum atomic E-state index is 13.0. The van der Waals surface area contributed by atoms with E-state index < -0.39 is 29.5 Å². The van der Waals surface area contributed by atoms with Crippen LogP contribution in [0.15, 0.2) is 29.3 Å². The normalized spacial score (nSPS) is 11.8. The summed E-state index contributed by atoms with van der Waals surface area (Å²) >= 11 is 3.07. The summed E-state index contributed by atoms with van der Waals surface area (Å²) in [5, 5.41) is 2.39. The second kappa shape index (κ2) is 7.14. The number of primary amides is 1. The van der Waals surface area contributed by atoms with E-state index in [0.717, 1.165) is 12.1 Å². The highest BCUT2D eigenvalue weighted by atomic mass is 79.9. The lowest BCUT2D eigenvalue weighted by molar-refractivity contribution is -0.126. The van der Waals surface area contributed by atoms with E-state index in [4.69, 9.17) is 5.73 Å². The molecular weight excluding hydrogens is 334 g/mol. The maximum Gasteiger partial charge on any atom is 0.240 e. The number of carbonyl (C=O) groups is 2. The molecule has 0 spiro atoms. The molecule has 0 aliphatic heterocycles. The zero-order valence-corrected chi connectivity index (χ0v) is 12.0. The SMILES string of the molecule is C=C(Br)C[C@H](NC(=O)Cc1cc(F)cc(F)c1)C(N)=O. The number of amides is 2. The quantitative estimate of drug-likeness (QED) is 0.823. The summed E-state index contributed by atoms with van der Waals surface area (Å²) in [5.41, 5.74) is 5.31. The molecule has 7 heteroatoms. The first kappa shape index (κ1) is 16.3. The predicted octanol–water partition coefficient (Wildman–Crippen LogP) is 1.78. The summed E-state index contributed by atoms with van der Waals surface area (Å²) in [6.45, 7) is 3.55. The van der Waals surface area contributed by atoms with Crippen molar-refractivity contribution in [2.45, 2.75) is 18.9 Å². The summed E-state index contributed by atoms with van der Waals surface area (Å²) in [6.07, 6.45) is -0.119. The van der Waals surface area contributed by atoms with Gasteiger partial charge in [0, 0.05) is 12.5 Å². The second-order valence-corrected chi connectivity index (χ2v) is 5.32. The van der Waals surface area contributed by atoms with Gasteiger partial charge in [0.25, 0.3) is 0 Å². The molecule has 4 nitrogen and oxygen atoms in total. The van der Waals surface area contributed by atoms with Gasteiger partial charge in [0.1, 0.15) is 17.7 Å². The van der Waals surface area contributed by atoms with Gasteiger partial charge in [-0.15, -0.1) is 0 Å². The van der Waals surface area contributed by atoms with Crippen LogP contribution < -0.4 is 11.1 Å². The van der Waals surface area contributed by atoms with Gasteiger partial charge in [0.15, 0.2) is 0 Å². The van der Waals surface area contributed by atoms with Crippen LogP contribution in [0.5, 0.6) is 0 Å².